The lowest BCUT2D eigenvalue weighted by atomic mass is 9.78. The zero-order chi connectivity index (χ0) is 67.7. The molecule has 91 heavy (non-hydrogen) atoms. The summed E-state index contributed by atoms with van der Waals surface area (Å²) in [6.45, 7) is 11.6. The van der Waals surface area contributed by atoms with Crippen molar-refractivity contribution >= 4 is 70.7 Å². The van der Waals surface area contributed by atoms with Gasteiger partial charge in [0.25, 0.3) is 11.7 Å². The molecule has 3 aliphatic heterocycles. The molecule has 0 aromatic heterocycles. The molecule has 26 heteroatoms. The van der Waals surface area contributed by atoms with Gasteiger partial charge in [0.2, 0.25) is 17.6 Å². The van der Waals surface area contributed by atoms with Crippen LogP contribution in [0, 0.1) is 35.5 Å². The number of carboxylic acid groups (broad SMARTS) is 2. The van der Waals surface area contributed by atoms with Crippen molar-refractivity contribution in [3.8, 4) is 0 Å². The van der Waals surface area contributed by atoms with E-state index in [-0.39, 0.29) is 86.8 Å². The number of methoxy groups -OCH3 is 3. The molecule has 0 radical (unpaired) electrons. The van der Waals surface area contributed by atoms with E-state index in [9.17, 15) is 58.2 Å². The summed E-state index contributed by atoms with van der Waals surface area (Å²) in [7, 11) is 4.45. The number of aliphatic hydroxyl groups excluding tert-OH is 1. The Balaban J connectivity index is 1.51. The molecule has 17 atom stereocenters. The van der Waals surface area contributed by atoms with E-state index in [1.807, 2.05) is 51.2 Å². The molecule has 3 heterocycles. The second kappa shape index (κ2) is 38.5. The van der Waals surface area contributed by atoms with Crippen LogP contribution in [-0.2, 0) is 81.1 Å². The number of carbonyl (C=O) groups excluding carboxylic acids is 8. The highest BCUT2D eigenvalue weighted by atomic mass is 32.2. The van der Waals surface area contributed by atoms with Gasteiger partial charge in [-0.1, -0.05) is 71.1 Å². The minimum atomic E-state index is -2.50. The van der Waals surface area contributed by atoms with Crippen LogP contribution in [0.5, 0.6) is 0 Å². The fraction of sp³-hybridized carbons (Fsp3) is 0.723. The van der Waals surface area contributed by atoms with Crippen molar-refractivity contribution in [3.63, 3.8) is 0 Å². The number of hydrogen-bond donors (Lipinski definition) is 7. The average Bonchev–Trinajstić information content (AvgIpc) is 0.861. The number of carbonyl (C=O) groups is 10. The summed E-state index contributed by atoms with van der Waals surface area (Å²) >= 11 is 0.937. The number of carboxylic acids is 2. The van der Waals surface area contributed by atoms with Gasteiger partial charge < -0.3 is 74.9 Å². The number of aliphatic carboxylic acids is 2. The molecule has 8 N–H and O–H groups in total. The van der Waals surface area contributed by atoms with Gasteiger partial charge in [-0.05, 0) is 113 Å². The summed E-state index contributed by atoms with van der Waals surface area (Å²) in [5.74, 6) is -14.1. The monoisotopic (exact) mass is 1300 g/mol. The largest absolute Gasteiger partial charge is 0.480 e. The van der Waals surface area contributed by atoms with Crippen LogP contribution >= 0.6 is 11.8 Å². The number of piperidine rings is 1. The Morgan fingerprint density at radius 1 is 0.868 bits per heavy atom. The molecule has 512 valence electrons. The summed E-state index contributed by atoms with van der Waals surface area (Å²) in [6.07, 6.45) is 9.43. The summed E-state index contributed by atoms with van der Waals surface area (Å²) in [4.78, 5) is 133. The van der Waals surface area contributed by atoms with Crippen molar-refractivity contribution in [2.24, 2.45) is 41.2 Å². The molecule has 25 nitrogen and oxygen atoms in total. The number of nitrogens with one attached hydrogen (secondary N) is 2. The van der Waals surface area contributed by atoms with Crippen LogP contribution in [-0.4, -0.2) is 210 Å². The number of fused-ring (bicyclic) bond motifs is 3. The van der Waals surface area contributed by atoms with Gasteiger partial charge in [-0.2, -0.15) is 0 Å². The van der Waals surface area contributed by atoms with Crippen molar-refractivity contribution in [2.75, 3.05) is 59.1 Å². The Bertz CT molecular complexity index is 2610. The topological polar surface area (TPSA) is 370 Å². The van der Waals surface area contributed by atoms with Gasteiger partial charge in [0.05, 0.1) is 36.8 Å². The molecule has 4 rings (SSSR count). The highest BCUT2D eigenvalue weighted by Gasteiger charge is 2.53. The number of hydrogen-bond acceptors (Lipinski definition) is 21. The highest BCUT2D eigenvalue weighted by molar-refractivity contribution is 8.00. The van der Waals surface area contributed by atoms with Gasteiger partial charge in [0.1, 0.15) is 55.4 Å². The second-order valence-corrected chi connectivity index (χ2v) is 25.9. The third-order valence-electron chi connectivity index (χ3n) is 17.7. The Hall–Kier alpha value is -5.71. The lowest BCUT2D eigenvalue weighted by molar-refractivity contribution is -0.265. The summed E-state index contributed by atoms with van der Waals surface area (Å²) in [5, 5.41) is 46.3. The fourth-order valence-corrected chi connectivity index (χ4v) is 12.9. The lowest BCUT2D eigenvalue weighted by Gasteiger charge is -2.42. The standard InChI is InChI=1S/C65H100N4O21S/c1-37-16-12-11-13-17-38(2)51(84-8)32-45-21-19-43(7)65(83,90-45)60(77)62(79)69-25-15-14-18-48(69)64(82)89-52(33-49(70)39(3)29-42(6)58(76)59(86-10)57(75)41(5)28-37)40(4)30-44-20-23-50(53(31-44)85-9)87-26-27-88-56(74)36-91-35-47(61(78)67-34-55(72)73)68-54(71)24-22-46(66)63(80)81/h11-13,16-17,29,37,39-41,43-48,50-53,58-59,76,83H,14-15,18-28,30-36,66H2,1-10H3,(H,67,78)(H,68,71)(H,72,73)(H,80,81)/b13-11+,16-12-,38-17+,42-29+/t37-,39-,40-,41-,43-,44+,45+,46+,47+,48+,50-,51+,52+,53-,58-,59+,65-/m1/s1. The maximum Gasteiger partial charge on any atom is 0.329 e. The van der Waals surface area contributed by atoms with E-state index in [1.54, 1.807) is 48.0 Å². The van der Waals surface area contributed by atoms with Gasteiger partial charge in [0, 0.05) is 70.6 Å². The van der Waals surface area contributed by atoms with Crippen LogP contribution in [0.2, 0.25) is 0 Å². The van der Waals surface area contributed by atoms with E-state index in [0.717, 1.165) is 22.2 Å². The minimum absolute atomic E-state index is 0.00125. The molecule has 3 amide bonds. The molecular formula is C65H100N4O21S. The lowest BCUT2D eigenvalue weighted by Crippen LogP contribution is -2.61. The molecular weight excluding hydrogens is 1200 g/mol. The highest BCUT2D eigenvalue weighted by Crippen LogP contribution is 2.38. The van der Waals surface area contributed by atoms with Crippen LogP contribution in [0.25, 0.3) is 0 Å². The first-order chi connectivity index (χ1) is 43.0. The van der Waals surface area contributed by atoms with E-state index in [0.29, 0.717) is 63.4 Å². The third-order valence-corrected chi connectivity index (χ3v) is 18.7. The van der Waals surface area contributed by atoms with Crippen molar-refractivity contribution in [3.05, 3.63) is 47.6 Å². The van der Waals surface area contributed by atoms with Gasteiger partial charge in [-0.25, -0.2) is 4.79 Å². The van der Waals surface area contributed by atoms with Crippen LogP contribution in [0.3, 0.4) is 0 Å². The molecule has 0 spiro atoms. The minimum Gasteiger partial charge on any atom is -0.480 e. The van der Waals surface area contributed by atoms with Crippen molar-refractivity contribution in [1.29, 1.82) is 0 Å². The third kappa shape index (κ3) is 24.3. The van der Waals surface area contributed by atoms with Gasteiger partial charge in [-0.3, -0.25) is 43.2 Å². The van der Waals surface area contributed by atoms with Crippen LogP contribution < -0.4 is 16.4 Å². The quantitative estimate of drug-likeness (QED) is 0.0343. The average molecular weight is 1310 g/mol. The number of aliphatic hydroxyl groups is 2. The van der Waals surface area contributed by atoms with Gasteiger partial charge in [0.15, 0.2) is 5.78 Å². The number of ether oxygens (including phenoxy) is 7. The first-order valence-electron chi connectivity index (χ1n) is 31.7. The number of thioether (sulfide) groups is 1. The summed E-state index contributed by atoms with van der Waals surface area (Å²) in [6, 6.07) is -3.80. The molecule has 2 saturated heterocycles. The normalized spacial score (nSPS) is 32.6. The van der Waals surface area contributed by atoms with Gasteiger partial charge >= 0.3 is 23.9 Å². The van der Waals surface area contributed by atoms with E-state index in [4.69, 9.17) is 49.1 Å². The molecule has 1 saturated carbocycles. The summed E-state index contributed by atoms with van der Waals surface area (Å²) < 4.78 is 41.4. The zero-order valence-electron chi connectivity index (χ0n) is 54.5. The Morgan fingerprint density at radius 2 is 1.59 bits per heavy atom. The molecule has 2 bridgehead atoms. The fourth-order valence-electron chi connectivity index (χ4n) is 12.1. The number of cyclic esters (lactones) is 1. The Labute approximate surface area is 538 Å². The maximum absolute atomic E-state index is 14.7. The van der Waals surface area contributed by atoms with Crippen molar-refractivity contribution in [2.45, 2.75) is 205 Å². The molecule has 0 aromatic rings. The van der Waals surface area contributed by atoms with E-state index >= 15 is 0 Å². The Morgan fingerprint density at radius 3 is 2.26 bits per heavy atom. The second-order valence-electron chi connectivity index (χ2n) is 24.9. The molecule has 1 aliphatic carbocycles. The summed E-state index contributed by atoms with van der Waals surface area (Å²) in [5.41, 5.74) is 6.65. The van der Waals surface area contributed by atoms with Gasteiger partial charge in [-0.15, -0.1) is 11.8 Å². The number of esters is 2. The molecule has 4 aliphatic rings. The van der Waals surface area contributed by atoms with Crippen LogP contribution in [0.1, 0.15) is 138 Å². The predicted octanol–water partition coefficient (Wildman–Crippen LogP) is 4.36. The van der Waals surface area contributed by atoms with Crippen molar-refractivity contribution in [1.82, 2.24) is 15.5 Å². The predicted molar refractivity (Wildman–Crippen MR) is 335 cm³/mol. The number of rotatable bonds is 22. The number of nitrogens with two attached hydrogens (primary N) is 1. The number of Topliss-reactive ketones (excluding diaryl/α,β-unsaturated/α-hetero) is 3. The molecule has 0 unspecified atom stereocenters. The number of allylic oxidation sites excluding steroid dienone is 6. The van der Waals surface area contributed by atoms with E-state index in [1.165, 1.54) is 7.11 Å². The maximum atomic E-state index is 14.7. The van der Waals surface area contributed by atoms with Crippen molar-refractivity contribution < 1.29 is 102 Å². The number of ketones is 3. The molecule has 0 aromatic carbocycles. The smallest absolute Gasteiger partial charge is 0.329 e. The SMILES string of the molecule is CO[C@H]1C[C@@H]2CC[C@@H](C)[C@@](O)(O2)C(=O)C(=O)N2CCCC[C@H]2C(=O)O[C@H]([C@H](C)C[C@@H]2CC[C@@H](OCCOC(=O)CSC[C@H](NC(=O)CC[C@H](N)C(=O)O)C(=O)NCC(=O)O)[C@H](OC)C2)CC(=O)[C@H](C)/C=C(\C)[C@@H](O)[C@@H](OC)C(=O)[C@H](C)C[C@H](C)\C=C/C=C/C=C/1C. The van der Waals surface area contributed by atoms with Crippen LogP contribution in [0.4, 0.5) is 0 Å². The van der Waals surface area contributed by atoms with E-state index < -0.39 is 144 Å². The number of nitrogens with zero attached hydrogens (tertiary/aromatic N) is 1. The number of amides is 3. The first-order valence-corrected chi connectivity index (χ1v) is 32.8. The zero-order valence-corrected chi connectivity index (χ0v) is 55.3. The van der Waals surface area contributed by atoms with Crippen LogP contribution in [0.15, 0.2) is 47.6 Å². The Kier molecular flexibility index (Phi) is 32.9. The van der Waals surface area contributed by atoms with E-state index in [2.05, 4.69) is 10.6 Å². The molecule has 3 fully saturated rings. The first kappa shape index (κ1) is 77.7.